The summed E-state index contributed by atoms with van der Waals surface area (Å²) >= 11 is 9.13. The van der Waals surface area contributed by atoms with Gasteiger partial charge in [0, 0.05) is 12.1 Å². The van der Waals surface area contributed by atoms with Crippen molar-refractivity contribution in [1.29, 1.82) is 0 Å². The Kier molecular flexibility index (Phi) is 4.57. The van der Waals surface area contributed by atoms with E-state index in [0.29, 0.717) is 26.9 Å². The highest BCUT2D eigenvalue weighted by molar-refractivity contribution is 9.10. The summed E-state index contributed by atoms with van der Waals surface area (Å²) in [6.07, 6.45) is 0. The number of anilines is 1. The number of carbonyl (C=O) groups is 1. The zero-order valence-corrected chi connectivity index (χ0v) is 13.0. The number of furan rings is 1. The van der Waals surface area contributed by atoms with Crippen LogP contribution in [0.2, 0.25) is 5.02 Å². The van der Waals surface area contributed by atoms with Gasteiger partial charge in [-0.3, -0.25) is 4.79 Å². The number of benzene rings is 1. The number of methoxy groups -OCH3 is 2. The van der Waals surface area contributed by atoms with Crippen molar-refractivity contribution in [3.05, 3.63) is 39.7 Å². The summed E-state index contributed by atoms with van der Waals surface area (Å²) in [5, 5.41) is 3.07. The molecular weight excluding hydrogens is 350 g/mol. The van der Waals surface area contributed by atoms with Crippen LogP contribution in [0.3, 0.4) is 0 Å². The molecule has 0 saturated heterocycles. The van der Waals surface area contributed by atoms with Gasteiger partial charge in [0.25, 0.3) is 5.91 Å². The van der Waals surface area contributed by atoms with Gasteiger partial charge in [0.05, 0.1) is 24.9 Å². The molecule has 1 aromatic heterocycles. The molecule has 0 saturated carbocycles. The first-order valence-corrected chi connectivity index (χ1v) is 6.70. The first kappa shape index (κ1) is 14.7. The Balaban J connectivity index is 2.30. The van der Waals surface area contributed by atoms with Crippen molar-refractivity contribution in [2.24, 2.45) is 0 Å². The Bertz CT molecular complexity index is 641. The molecule has 2 aromatic rings. The number of rotatable bonds is 4. The second-order valence-corrected chi connectivity index (χ2v) is 4.93. The summed E-state index contributed by atoms with van der Waals surface area (Å²) in [5.41, 5.74) is 0.436. The van der Waals surface area contributed by atoms with Crippen molar-refractivity contribution in [2.45, 2.75) is 0 Å². The van der Waals surface area contributed by atoms with E-state index in [4.69, 9.17) is 25.5 Å². The fourth-order valence-corrected chi connectivity index (χ4v) is 2.12. The topological polar surface area (TPSA) is 60.7 Å². The molecule has 0 aliphatic carbocycles. The number of nitrogens with one attached hydrogen (secondary N) is 1. The molecule has 0 fully saturated rings. The Labute approximate surface area is 128 Å². The average Bonchev–Trinajstić information content (AvgIpc) is 2.87. The second kappa shape index (κ2) is 6.19. The molecule has 1 heterocycles. The fourth-order valence-electron chi connectivity index (χ4n) is 1.58. The Hall–Kier alpha value is -1.66. The van der Waals surface area contributed by atoms with E-state index in [9.17, 15) is 4.79 Å². The zero-order chi connectivity index (χ0) is 14.7. The van der Waals surface area contributed by atoms with Gasteiger partial charge in [0.15, 0.2) is 10.4 Å². The standard InChI is InChI=1S/C13H11BrClNO4/c1-18-10-6-8(11(19-2)5-7(10)15)16-13(17)9-3-4-12(14)20-9/h3-6H,1-2H3,(H,16,17). The summed E-state index contributed by atoms with van der Waals surface area (Å²) in [6, 6.07) is 6.33. The Morgan fingerprint density at radius 2 is 1.95 bits per heavy atom. The van der Waals surface area contributed by atoms with E-state index in [-0.39, 0.29) is 5.76 Å². The van der Waals surface area contributed by atoms with Crippen LogP contribution < -0.4 is 14.8 Å². The van der Waals surface area contributed by atoms with E-state index in [1.54, 1.807) is 24.3 Å². The minimum Gasteiger partial charge on any atom is -0.495 e. The molecule has 5 nitrogen and oxygen atoms in total. The van der Waals surface area contributed by atoms with Crippen LogP contribution in [0, 0.1) is 0 Å². The SMILES string of the molecule is COc1cc(NC(=O)c2ccc(Br)o2)c(OC)cc1Cl. The molecule has 106 valence electrons. The van der Waals surface area contributed by atoms with Gasteiger partial charge >= 0.3 is 0 Å². The summed E-state index contributed by atoms with van der Waals surface area (Å²) in [7, 11) is 2.97. The van der Waals surface area contributed by atoms with Crippen molar-refractivity contribution in [3.63, 3.8) is 0 Å². The molecule has 1 amide bonds. The predicted octanol–water partition coefficient (Wildman–Crippen LogP) is 3.97. The van der Waals surface area contributed by atoms with E-state index in [2.05, 4.69) is 21.2 Å². The molecule has 2 rings (SSSR count). The molecule has 7 heteroatoms. The minimum atomic E-state index is -0.404. The maximum absolute atomic E-state index is 12.0. The maximum Gasteiger partial charge on any atom is 0.291 e. The molecule has 0 aliphatic rings. The number of halogens is 2. The lowest BCUT2D eigenvalue weighted by Crippen LogP contribution is -2.12. The number of ether oxygens (including phenoxy) is 2. The Morgan fingerprint density at radius 3 is 2.50 bits per heavy atom. The molecule has 0 aliphatic heterocycles. The van der Waals surface area contributed by atoms with E-state index in [1.807, 2.05) is 0 Å². The normalized spacial score (nSPS) is 10.2. The maximum atomic E-state index is 12.0. The summed E-state index contributed by atoms with van der Waals surface area (Å²) in [4.78, 5) is 12.0. The summed E-state index contributed by atoms with van der Waals surface area (Å²) < 4.78 is 15.9. The molecule has 1 aromatic carbocycles. The summed E-state index contributed by atoms with van der Waals surface area (Å²) in [5.74, 6) is 0.629. The fraction of sp³-hybridized carbons (Fsp3) is 0.154. The van der Waals surface area contributed by atoms with Crippen LogP contribution in [0.25, 0.3) is 0 Å². The van der Waals surface area contributed by atoms with Crippen LogP contribution in [0.4, 0.5) is 5.69 Å². The largest absolute Gasteiger partial charge is 0.495 e. The van der Waals surface area contributed by atoms with Crippen molar-refractivity contribution in [2.75, 3.05) is 19.5 Å². The molecule has 0 unspecified atom stereocenters. The molecule has 0 spiro atoms. The molecule has 0 bridgehead atoms. The minimum absolute atomic E-state index is 0.174. The smallest absolute Gasteiger partial charge is 0.291 e. The Morgan fingerprint density at radius 1 is 1.25 bits per heavy atom. The van der Waals surface area contributed by atoms with Crippen LogP contribution in [-0.4, -0.2) is 20.1 Å². The first-order valence-electron chi connectivity index (χ1n) is 5.53. The van der Waals surface area contributed by atoms with Gasteiger partial charge in [-0.2, -0.15) is 0 Å². The van der Waals surface area contributed by atoms with E-state index in [0.717, 1.165) is 0 Å². The third kappa shape index (κ3) is 3.08. The van der Waals surface area contributed by atoms with Gasteiger partial charge in [-0.25, -0.2) is 0 Å². The highest BCUT2D eigenvalue weighted by Crippen LogP contribution is 2.36. The van der Waals surface area contributed by atoms with Crippen LogP contribution >= 0.6 is 27.5 Å². The zero-order valence-electron chi connectivity index (χ0n) is 10.7. The van der Waals surface area contributed by atoms with Crippen LogP contribution in [-0.2, 0) is 0 Å². The third-order valence-electron chi connectivity index (χ3n) is 2.52. The van der Waals surface area contributed by atoms with E-state index < -0.39 is 5.91 Å². The number of hydrogen-bond acceptors (Lipinski definition) is 4. The molecule has 0 atom stereocenters. The monoisotopic (exact) mass is 359 g/mol. The quantitative estimate of drug-likeness (QED) is 0.896. The average molecular weight is 361 g/mol. The van der Waals surface area contributed by atoms with Crippen molar-refractivity contribution in [1.82, 2.24) is 0 Å². The lowest BCUT2D eigenvalue weighted by atomic mass is 10.2. The highest BCUT2D eigenvalue weighted by Gasteiger charge is 2.15. The molecule has 1 N–H and O–H groups in total. The lowest BCUT2D eigenvalue weighted by molar-refractivity contribution is 0.0995. The number of amides is 1. The van der Waals surface area contributed by atoms with E-state index >= 15 is 0 Å². The van der Waals surface area contributed by atoms with Crippen molar-refractivity contribution in [3.8, 4) is 11.5 Å². The van der Waals surface area contributed by atoms with Crippen LogP contribution in [0.15, 0.2) is 33.4 Å². The van der Waals surface area contributed by atoms with Gasteiger partial charge in [0.1, 0.15) is 11.5 Å². The number of carbonyl (C=O) groups excluding carboxylic acids is 1. The van der Waals surface area contributed by atoms with Crippen LogP contribution in [0.1, 0.15) is 10.6 Å². The predicted molar refractivity (Wildman–Crippen MR) is 78.9 cm³/mol. The number of hydrogen-bond donors (Lipinski definition) is 1. The first-order chi connectivity index (χ1) is 9.55. The second-order valence-electron chi connectivity index (χ2n) is 3.74. The van der Waals surface area contributed by atoms with Crippen molar-refractivity contribution < 1.29 is 18.7 Å². The molecule has 20 heavy (non-hydrogen) atoms. The van der Waals surface area contributed by atoms with E-state index in [1.165, 1.54) is 14.2 Å². The van der Waals surface area contributed by atoms with Gasteiger partial charge in [-0.15, -0.1) is 0 Å². The van der Waals surface area contributed by atoms with Gasteiger partial charge in [0.2, 0.25) is 0 Å². The van der Waals surface area contributed by atoms with Gasteiger partial charge < -0.3 is 19.2 Å². The summed E-state index contributed by atoms with van der Waals surface area (Å²) in [6.45, 7) is 0. The highest BCUT2D eigenvalue weighted by atomic mass is 79.9. The van der Waals surface area contributed by atoms with Gasteiger partial charge in [-0.1, -0.05) is 11.6 Å². The van der Waals surface area contributed by atoms with Gasteiger partial charge in [-0.05, 0) is 28.1 Å². The third-order valence-corrected chi connectivity index (χ3v) is 3.24. The van der Waals surface area contributed by atoms with Crippen molar-refractivity contribution >= 4 is 39.1 Å². The molecular formula is C13H11BrClNO4. The molecule has 0 radical (unpaired) electrons. The van der Waals surface area contributed by atoms with Crippen LogP contribution in [0.5, 0.6) is 11.5 Å². The lowest BCUT2D eigenvalue weighted by Gasteiger charge is -2.12.